The Morgan fingerprint density at radius 1 is 1.35 bits per heavy atom. The van der Waals surface area contributed by atoms with Gasteiger partial charge in [0.05, 0.1) is 7.11 Å². The molecule has 1 aromatic heterocycles. The summed E-state index contributed by atoms with van der Waals surface area (Å²) in [6.45, 7) is 2.15. The number of hydrogen-bond donors (Lipinski definition) is 1. The van der Waals surface area contributed by atoms with E-state index in [4.69, 9.17) is 4.74 Å². The lowest BCUT2D eigenvalue weighted by molar-refractivity contribution is 0.338. The molecule has 0 radical (unpaired) electrons. The Bertz CT molecular complexity index is 661. The third kappa shape index (κ3) is 3.27. The fourth-order valence-corrected chi connectivity index (χ4v) is 3.70. The van der Waals surface area contributed by atoms with Crippen LogP contribution >= 0.6 is 0 Å². The molecule has 23 heavy (non-hydrogen) atoms. The first-order valence-electron chi connectivity index (χ1n) is 8.63. The van der Waals surface area contributed by atoms with Gasteiger partial charge in [-0.3, -0.25) is 4.68 Å². The highest BCUT2D eigenvalue weighted by molar-refractivity contribution is 5.37. The Hall–Kier alpha value is -1.81. The first kappa shape index (κ1) is 14.8. The normalized spacial score (nSPS) is 21.7. The smallest absolute Gasteiger partial charge is 0.119 e. The summed E-state index contributed by atoms with van der Waals surface area (Å²) in [6.07, 6.45) is 10.1. The van der Waals surface area contributed by atoms with Gasteiger partial charge in [-0.25, -0.2) is 0 Å². The van der Waals surface area contributed by atoms with Gasteiger partial charge >= 0.3 is 0 Å². The molecule has 4 heteroatoms. The van der Waals surface area contributed by atoms with E-state index in [9.17, 15) is 0 Å². The molecule has 122 valence electrons. The average molecular weight is 311 g/mol. The number of methoxy groups -OCH3 is 1. The maximum Gasteiger partial charge on any atom is 0.119 e. The Morgan fingerprint density at radius 2 is 2.26 bits per heavy atom. The van der Waals surface area contributed by atoms with E-state index < -0.39 is 0 Å². The molecule has 1 heterocycles. The average Bonchev–Trinajstić information content (AvgIpc) is 3.15. The van der Waals surface area contributed by atoms with Crippen molar-refractivity contribution in [2.24, 2.45) is 5.41 Å². The maximum atomic E-state index is 5.37. The van der Waals surface area contributed by atoms with Crippen LogP contribution in [-0.2, 0) is 19.4 Å². The first-order chi connectivity index (χ1) is 11.3. The van der Waals surface area contributed by atoms with Crippen LogP contribution in [0.4, 0.5) is 0 Å². The molecule has 1 aromatic carbocycles. The highest BCUT2D eigenvalue weighted by Crippen LogP contribution is 2.46. The Labute approximate surface area is 137 Å². The molecule has 1 atom stereocenters. The van der Waals surface area contributed by atoms with E-state index in [1.54, 1.807) is 7.11 Å². The molecule has 0 unspecified atom stereocenters. The predicted molar refractivity (Wildman–Crippen MR) is 90.7 cm³/mol. The molecule has 4 nitrogen and oxygen atoms in total. The van der Waals surface area contributed by atoms with Gasteiger partial charge in [-0.1, -0.05) is 6.07 Å². The topological polar surface area (TPSA) is 39.1 Å². The van der Waals surface area contributed by atoms with Crippen LogP contribution in [0.25, 0.3) is 0 Å². The second-order valence-electron chi connectivity index (χ2n) is 7.16. The first-order valence-corrected chi connectivity index (χ1v) is 8.63. The fraction of sp³-hybridized carbons (Fsp3) is 0.526. The summed E-state index contributed by atoms with van der Waals surface area (Å²) in [6, 6.07) is 9.11. The molecule has 2 aliphatic rings. The van der Waals surface area contributed by atoms with Crippen LogP contribution in [0.5, 0.6) is 5.75 Å². The standard InChI is InChI=1S/C19H25N3O/c1-23-18-6-4-15-3-5-17(11-16(15)12-18)20-13-19(7-8-19)14-22-10-2-9-21-22/h2,4,6,9-10,12,17,20H,3,5,7-8,11,13-14H2,1H3/t17-/m0/s1. The number of nitrogens with one attached hydrogen (secondary N) is 1. The van der Waals surface area contributed by atoms with Crippen LogP contribution in [0.3, 0.4) is 0 Å². The van der Waals surface area contributed by atoms with Crippen molar-refractivity contribution in [3.8, 4) is 5.75 Å². The highest BCUT2D eigenvalue weighted by Gasteiger charge is 2.43. The predicted octanol–water partition coefficient (Wildman–Crippen LogP) is 2.82. The van der Waals surface area contributed by atoms with E-state index in [1.165, 1.54) is 36.8 Å². The monoisotopic (exact) mass is 311 g/mol. The van der Waals surface area contributed by atoms with Crippen LogP contribution < -0.4 is 10.1 Å². The van der Waals surface area contributed by atoms with Crippen LogP contribution in [0.15, 0.2) is 36.7 Å². The van der Waals surface area contributed by atoms with E-state index in [-0.39, 0.29) is 0 Å². The molecule has 1 fully saturated rings. The van der Waals surface area contributed by atoms with Gasteiger partial charge in [0.1, 0.15) is 5.75 Å². The zero-order valence-corrected chi connectivity index (χ0v) is 13.8. The van der Waals surface area contributed by atoms with Gasteiger partial charge in [0.15, 0.2) is 0 Å². The van der Waals surface area contributed by atoms with Crippen molar-refractivity contribution in [3.63, 3.8) is 0 Å². The molecule has 4 rings (SSSR count). The fourth-order valence-electron chi connectivity index (χ4n) is 3.70. The van der Waals surface area contributed by atoms with Crippen molar-refractivity contribution in [3.05, 3.63) is 47.8 Å². The summed E-state index contributed by atoms with van der Waals surface area (Å²) < 4.78 is 7.45. The molecular formula is C19H25N3O. The SMILES string of the molecule is COc1ccc2c(c1)C[C@@H](NCC1(Cn3cccn3)CC1)CC2. The Kier molecular flexibility index (Phi) is 3.85. The van der Waals surface area contributed by atoms with Gasteiger partial charge in [-0.05, 0) is 61.4 Å². The molecule has 0 spiro atoms. The van der Waals surface area contributed by atoms with E-state index >= 15 is 0 Å². The number of rotatable bonds is 6. The van der Waals surface area contributed by atoms with Crippen molar-refractivity contribution in [1.82, 2.24) is 15.1 Å². The molecule has 0 aliphatic heterocycles. The third-order valence-corrected chi connectivity index (χ3v) is 5.42. The minimum Gasteiger partial charge on any atom is -0.497 e. The summed E-state index contributed by atoms with van der Waals surface area (Å²) in [5.74, 6) is 0.974. The lowest BCUT2D eigenvalue weighted by Crippen LogP contribution is -2.39. The molecule has 2 aliphatic carbocycles. The van der Waals surface area contributed by atoms with Crippen molar-refractivity contribution in [2.75, 3.05) is 13.7 Å². The molecular weight excluding hydrogens is 286 g/mol. The van der Waals surface area contributed by atoms with Crippen LogP contribution in [0, 0.1) is 5.41 Å². The number of hydrogen-bond acceptors (Lipinski definition) is 3. The van der Waals surface area contributed by atoms with Crippen molar-refractivity contribution < 1.29 is 4.74 Å². The van der Waals surface area contributed by atoms with Crippen molar-refractivity contribution >= 4 is 0 Å². The number of aryl methyl sites for hydroxylation is 1. The molecule has 0 amide bonds. The van der Waals surface area contributed by atoms with E-state index in [2.05, 4.69) is 39.5 Å². The second-order valence-corrected chi connectivity index (χ2v) is 7.16. The summed E-state index contributed by atoms with van der Waals surface area (Å²) in [5, 5.41) is 8.19. The molecule has 2 aromatic rings. The summed E-state index contributed by atoms with van der Waals surface area (Å²) in [7, 11) is 1.74. The van der Waals surface area contributed by atoms with Crippen LogP contribution in [0.2, 0.25) is 0 Å². The Balaban J connectivity index is 1.35. The van der Waals surface area contributed by atoms with Crippen LogP contribution in [0.1, 0.15) is 30.4 Å². The lowest BCUT2D eigenvalue weighted by Gasteiger charge is -2.28. The van der Waals surface area contributed by atoms with Gasteiger partial charge < -0.3 is 10.1 Å². The van der Waals surface area contributed by atoms with Crippen LogP contribution in [-0.4, -0.2) is 29.5 Å². The second kappa shape index (κ2) is 6.00. The van der Waals surface area contributed by atoms with Crippen molar-refractivity contribution in [2.45, 2.75) is 44.7 Å². The number of ether oxygens (including phenoxy) is 1. The summed E-state index contributed by atoms with van der Waals surface area (Å²) in [5.41, 5.74) is 3.37. The number of benzene rings is 1. The van der Waals surface area contributed by atoms with Gasteiger partial charge in [0.25, 0.3) is 0 Å². The van der Waals surface area contributed by atoms with E-state index in [0.29, 0.717) is 11.5 Å². The molecule has 1 N–H and O–H groups in total. The molecule has 1 saturated carbocycles. The van der Waals surface area contributed by atoms with E-state index in [0.717, 1.165) is 25.3 Å². The number of nitrogens with zero attached hydrogens (tertiary/aromatic N) is 2. The van der Waals surface area contributed by atoms with Gasteiger partial charge in [-0.15, -0.1) is 0 Å². The number of fused-ring (bicyclic) bond motifs is 1. The largest absolute Gasteiger partial charge is 0.497 e. The Morgan fingerprint density at radius 3 is 3.00 bits per heavy atom. The van der Waals surface area contributed by atoms with Crippen molar-refractivity contribution in [1.29, 1.82) is 0 Å². The minimum absolute atomic E-state index is 0.431. The van der Waals surface area contributed by atoms with Gasteiger partial charge in [0, 0.05) is 36.9 Å². The zero-order valence-electron chi connectivity index (χ0n) is 13.8. The third-order valence-electron chi connectivity index (χ3n) is 5.42. The quantitative estimate of drug-likeness (QED) is 0.891. The highest BCUT2D eigenvalue weighted by atomic mass is 16.5. The summed E-state index contributed by atoms with van der Waals surface area (Å²) in [4.78, 5) is 0. The van der Waals surface area contributed by atoms with Gasteiger partial charge in [-0.2, -0.15) is 5.10 Å². The molecule has 0 bridgehead atoms. The minimum atomic E-state index is 0.431. The zero-order chi connectivity index (χ0) is 15.7. The van der Waals surface area contributed by atoms with E-state index in [1.807, 2.05) is 12.3 Å². The lowest BCUT2D eigenvalue weighted by atomic mass is 9.88. The van der Waals surface area contributed by atoms with Gasteiger partial charge in [0.2, 0.25) is 0 Å². The summed E-state index contributed by atoms with van der Waals surface area (Å²) >= 11 is 0. The number of aromatic nitrogens is 2. The molecule has 0 saturated heterocycles. The maximum absolute atomic E-state index is 5.37.